The molecular formula is C13H12FN3O3S3. The number of thioether (sulfide) groups is 1. The molecular weight excluding hydrogens is 361 g/mol. The number of amides is 2. The van der Waals surface area contributed by atoms with E-state index in [4.69, 9.17) is 12.2 Å². The lowest BCUT2D eigenvalue weighted by Gasteiger charge is -2.08. The van der Waals surface area contributed by atoms with Gasteiger partial charge in [0.25, 0.3) is 0 Å². The van der Waals surface area contributed by atoms with E-state index < -0.39 is 17.3 Å². The van der Waals surface area contributed by atoms with E-state index >= 15 is 0 Å². The Kier molecular flexibility index (Phi) is 5.85. The van der Waals surface area contributed by atoms with Gasteiger partial charge in [-0.2, -0.15) is 0 Å². The fourth-order valence-corrected chi connectivity index (χ4v) is 4.02. The molecule has 2 amide bonds. The Bertz CT molecular complexity index is 773. The molecule has 1 heterocycles. The van der Waals surface area contributed by atoms with Crippen molar-refractivity contribution in [2.75, 3.05) is 7.11 Å². The van der Waals surface area contributed by atoms with Gasteiger partial charge in [-0.3, -0.25) is 10.1 Å². The summed E-state index contributed by atoms with van der Waals surface area (Å²) >= 11 is 7.62. The monoisotopic (exact) mass is 373 g/mol. The van der Waals surface area contributed by atoms with Crippen LogP contribution in [0.15, 0.2) is 28.6 Å². The molecule has 2 rings (SSSR count). The van der Waals surface area contributed by atoms with E-state index in [2.05, 4.69) is 15.2 Å². The Morgan fingerprint density at radius 3 is 2.70 bits per heavy atom. The maximum atomic E-state index is 13.0. The molecule has 1 aromatic heterocycles. The first-order valence-electron chi connectivity index (χ1n) is 6.32. The molecule has 0 saturated heterocycles. The van der Waals surface area contributed by atoms with Crippen LogP contribution in [-0.2, 0) is 9.53 Å². The first-order chi connectivity index (χ1) is 10.9. The molecule has 122 valence electrons. The van der Waals surface area contributed by atoms with Crippen LogP contribution >= 0.6 is 35.3 Å². The lowest BCUT2D eigenvalue weighted by Crippen LogP contribution is -2.35. The summed E-state index contributed by atoms with van der Waals surface area (Å²) in [4.78, 5) is 22.8. The molecule has 0 aliphatic heterocycles. The van der Waals surface area contributed by atoms with E-state index in [1.807, 2.05) is 0 Å². The van der Waals surface area contributed by atoms with Crippen LogP contribution in [0.25, 0.3) is 5.69 Å². The molecule has 0 fully saturated rings. The predicted molar refractivity (Wildman–Crippen MR) is 88.1 cm³/mol. The number of carbonyl (C=O) groups is 2. The number of hydrogen-bond donors (Lipinski definition) is 1. The molecule has 6 nitrogen and oxygen atoms in total. The molecule has 0 spiro atoms. The molecule has 0 unspecified atom stereocenters. The molecule has 1 atom stereocenters. The molecule has 0 aliphatic rings. The van der Waals surface area contributed by atoms with Crippen LogP contribution < -0.4 is 5.32 Å². The Labute approximate surface area is 144 Å². The topological polar surface area (TPSA) is 73.2 Å². The van der Waals surface area contributed by atoms with Gasteiger partial charge in [-0.05, 0) is 43.4 Å². The Morgan fingerprint density at radius 1 is 1.43 bits per heavy atom. The van der Waals surface area contributed by atoms with Crippen molar-refractivity contribution in [3.8, 4) is 5.69 Å². The number of rotatable bonds is 4. The third-order valence-electron chi connectivity index (χ3n) is 2.66. The average Bonchev–Trinajstić information content (AvgIpc) is 2.88. The summed E-state index contributed by atoms with van der Waals surface area (Å²) in [6.07, 6.45) is -0.813. The second kappa shape index (κ2) is 7.66. The van der Waals surface area contributed by atoms with Crippen LogP contribution in [0.3, 0.4) is 0 Å². The van der Waals surface area contributed by atoms with E-state index in [0.717, 1.165) is 11.8 Å². The average molecular weight is 373 g/mol. The lowest BCUT2D eigenvalue weighted by molar-refractivity contribution is -0.119. The standard InChI is InChI=1S/C13H12FN3O3S3/c1-7(10(18)15-11(19)20-2)22-12-16-17(13(21)23-12)9-5-3-8(14)4-6-9/h3-7H,1-2H3,(H,15,18,19)/t7-/m0/s1. The van der Waals surface area contributed by atoms with Crippen molar-refractivity contribution in [3.63, 3.8) is 0 Å². The number of imide groups is 1. The van der Waals surface area contributed by atoms with Crippen molar-refractivity contribution in [1.82, 2.24) is 15.1 Å². The van der Waals surface area contributed by atoms with Crippen LogP contribution in [-0.4, -0.2) is 34.1 Å². The molecule has 0 radical (unpaired) electrons. The van der Waals surface area contributed by atoms with Crippen molar-refractivity contribution >= 4 is 47.3 Å². The van der Waals surface area contributed by atoms with Crippen molar-refractivity contribution in [3.05, 3.63) is 34.0 Å². The molecule has 23 heavy (non-hydrogen) atoms. The Hall–Kier alpha value is -1.78. The van der Waals surface area contributed by atoms with Gasteiger partial charge in [0.15, 0.2) is 8.29 Å². The molecule has 10 heteroatoms. The van der Waals surface area contributed by atoms with Gasteiger partial charge >= 0.3 is 6.09 Å². The number of halogens is 1. The van der Waals surface area contributed by atoms with Crippen molar-refractivity contribution < 1.29 is 18.7 Å². The minimum atomic E-state index is -0.813. The van der Waals surface area contributed by atoms with Gasteiger partial charge < -0.3 is 4.74 Å². The molecule has 0 aliphatic carbocycles. The predicted octanol–water partition coefficient (Wildman–Crippen LogP) is 3.17. The minimum Gasteiger partial charge on any atom is -0.453 e. The number of nitrogens with zero attached hydrogens (tertiary/aromatic N) is 2. The van der Waals surface area contributed by atoms with Crippen LogP contribution in [0.1, 0.15) is 6.92 Å². The lowest BCUT2D eigenvalue weighted by atomic mass is 10.3. The zero-order chi connectivity index (χ0) is 17.0. The molecule has 1 N–H and O–H groups in total. The van der Waals surface area contributed by atoms with Crippen LogP contribution in [0.4, 0.5) is 9.18 Å². The summed E-state index contributed by atoms with van der Waals surface area (Å²) in [6.45, 7) is 1.63. The number of methoxy groups -OCH3 is 1. The van der Waals surface area contributed by atoms with Gasteiger partial charge in [0.05, 0.1) is 18.0 Å². The van der Waals surface area contributed by atoms with Gasteiger partial charge in [0, 0.05) is 0 Å². The van der Waals surface area contributed by atoms with E-state index in [-0.39, 0.29) is 5.82 Å². The second-order valence-corrected chi connectivity index (χ2v) is 7.47. The number of aromatic nitrogens is 2. The quantitative estimate of drug-likeness (QED) is 0.656. The zero-order valence-electron chi connectivity index (χ0n) is 12.1. The highest BCUT2D eigenvalue weighted by Crippen LogP contribution is 2.27. The van der Waals surface area contributed by atoms with E-state index in [1.165, 1.54) is 35.3 Å². The third kappa shape index (κ3) is 4.60. The number of nitrogens with one attached hydrogen (secondary N) is 1. The van der Waals surface area contributed by atoms with Gasteiger partial charge in [0.2, 0.25) is 5.91 Å². The first kappa shape index (κ1) is 17.6. The third-order valence-corrected chi connectivity index (χ3v) is 5.07. The Balaban J connectivity index is 2.12. The van der Waals surface area contributed by atoms with Crippen molar-refractivity contribution in [2.45, 2.75) is 16.5 Å². The summed E-state index contributed by atoms with van der Waals surface area (Å²) in [5, 5.41) is 5.84. The molecule has 0 saturated carbocycles. The fourth-order valence-electron chi connectivity index (χ4n) is 1.51. The van der Waals surface area contributed by atoms with E-state index in [9.17, 15) is 14.0 Å². The van der Waals surface area contributed by atoms with Gasteiger partial charge in [0.1, 0.15) is 5.82 Å². The van der Waals surface area contributed by atoms with E-state index in [0.29, 0.717) is 14.0 Å². The number of benzene rings is 1. The SMILES string of the molecule is COC(=O)NC(=O)[C@H](C)Sc1nn(-c2ccc(F)cc2)c(=S)s1. The number of alkyl carbamates (subject to hydrolysis) is 1. The maximum absolute atomic E-state index is 13.0. The highest BCUT2D eigenvalue weighted by atomic mass is 32.2. The molecule has 2 aromatic rings. The van der Waals surface area contributed by atoms with Crippen LogP contribution in [0.2, 0.25) is 0 Å². The summed E-state index contributed by atoms with van der Waals surface area (Å²) in [5.41, 5.74) is 0.631. The van der Waals surface area contributed by atoms with Gasteiger partial charge in [-0.15, -0.1) is 5.10 Å². The summed E-state index contributed by atoms with van der Waals surface area (Å²) < 4.78 is 19.9. The number of hydrogen-bond acceptors (Lipinski definition) is 7. The van der Waals surface area contributed by atoms with Crippen LogP contribution in [0, 0.1) is 9.77 Å². The molecule has 1 aromatic carbocycles. The minimum absolute atomic E-state index is 0.349. The number of ether oxygens (including phenoxy) is 1. The highest BCUT2D eigenvalue weighted by molar-refractivity contribution is 8.02. The smallest absolute Gasteiger partial charge is 0.413 e. The highest BCUT2D eigenvalue weighted by Gasteiger charge is 2.19. The molecule has 0 bridgehead atoms. The second-order valence-electron chi connectivity index (χ2n) is 4.26. The maximum Gasteiger partial charge on any atom is 0.413 e. The fraction of sp³-hybridized carbons (Fsp3) is 0.231. The number of carbonyl (C=O) groups excluding carboxylic acids is 2. The zero-order valence-corrected chi connectivity index (χ0v) is 14.6. The first-order valence-corrected chi connectivity index (χ1v) is 8.42. The van der Waals surface area contributed by atoms with Crippen LogP contribution in [0.5, 0.6) is 0 Å². The largest absolute Gasteiger partial charge is 0.453 e. The van der Waals surface area contributed by atoms with Crippen molar-refractivity contribution in [2.24, 2.45) is 0 Å². The summed E-state index contributed by atoms with van der Waals surface area (Å²) in [5.74, 6) is -0.838. The normalized spacial score (nSPS) is 11.8. The Morgan fingerprint density at radius 2 is 2.09 bits per heavy atom. The van der Waals surface area contributed by atoms with E-state index in [1.54, 1.807) is 19.1 Å². The van der Waals surface area contributed by atoms with Gasteiger partial charge in [-0.1, -0.05) is 23.1 Å². The summed E-state index contributed by atoms with van der Waals surface area (Å²) in [6, 6.07) is 5.75. The van der Waals surface area contributed by atoms with Crippen molar-refractivity contribution in [1.29, 1.82) is 0 Å². The van der Waals surface area contributed by atoms with Gasteiger partial charge in [-0.25, -0.2) is 13.9 Å². The summed E-state index contributed by atoms with van der Waals surface area (Å²) in [7, 11) is 1.18.